The van der Waals surface area contributed by atoms with Gasteiger partial charge in [0, 0.05) is 31.9 Å². The van der Waals surface area contributed by atoms with Crippen LogP contribution in [0.3, 0.4) is 0 Å². The molecule has 18 heavy (non-hydrogen) atoms. The number of aliphatic carboxylic acids is 1. The van der Waals surface area contributed by atoms with Crippen LogP contribution in [0.25, 0.3) is 0 Å². The van der Waals surface area contributed by atoms with Crippen molar-refractivity contribution in [2.75, 3.05) is 31.9 Å². The van der Waals surface area contributed by atoms with Crippen molar-refractivity contribution in [3.63, 3.8) is 0 Å². The predicted molar refractivity (Wildman–Crippen MR) is 69.6 cm³/mol. The van der Waals surface area contributed by atoms with Crippen molar-refractivity contribution < 1.29 is 14.7 Å². The third-order valence-electron chi connectivity index (χ3n) is 3.34. The number of hydrogen-bond acceptors (Lipinski definition) is 4. The Morgan fingerprint density at radius 3 is 2.61 bits per heavy atom. The van der Waals surface area contributed by atoms with Crippen molar-refractivity contribution in [3.05, 3.63) is 0 Å². The molecular weight excluding hydrogens is 254 g/mol. The maximum Gasteiger partial charge on any atom is 0.327 e. The fourth-order valence-corrected chi connectivity index (χ4v) is 3.69. The molecule has 0 aromatic rings. The zero-order chi connectivity index (χ0) is 13.1. The molecule has 2 unspecified atom stereocenters. The average molecular weight is 273 g/mol. The van der Waals surface area contributed by atoms with Gasteiger partial charge in [0.2, 0.25) is 0 Å². The van der Waals surface area contributed by atoms with Crippen LogP contribution in [-0.4, -0.2) is 70.3 Å². The van der Waals surface area contributed by atoms with Gasteiger partial charge in [-0.05, 0) is 6.42 Å². The van der Waals surface area contributed by atoms with E-state index in [9.17, 15) is 14.7 Å². The largest absolute Gasteiger partial charge is 0.480 e. The summed E-state index contributed by atoms with van der Waals surface area (Å²) in [7, 11) is 0. The maximum absolute atomic E-state index is 12.4. The molecule has 2 amide bonds. The number of nitrogens with zero attached hydrogens (tertiary/aromatic N) is 2. The third-order valence-corrected chi connectivity index (χ3v) is 4.79. The second-order valence-corrected chi connectivity index (χ2v) is 5.69. The van der Waals surface area contributed by atoms with E-state index in [0.717, 1.165) is 19.5 Å². The van der Waals surface area contributed by atoms with E-state index in [4.69, 9.17) is 0 Å². The predicted octanol–water partition coefficient (Wildman–Crippen LogP) is 0.250. The van der Waals surface area contributed by atoms with Gasteiger partial charge in [0.05, 0.1) is 5.37 Å². The van der Waals surface area contributed by atoms with Gasteiger partial charge in [-0.2, -0.15) is 0 Å². The minimum Gasteiger partial charge on any atom is -0.480 e. The molecule has 0 radical (unpaired) electrons. The standard InChI is InChI=1S/C11H19N3O3S/c1-2-9-14(8(7-18-9)10(15)16)11(17)13-5-3-12-4-6-13/h8-9,12H,2-7H2,1H3,(H,15,16). The first-order valence-corrected chi connectivity index (χ1v) is 7.32. The van der Waals surface area contributed by atoms with Gasteiger partial charge in [-0.15, -0.1) is 11.8 Å². The molecule has 0 aromatic carbocycles. The average Bonchev–Trinajstić information content (AvgIpc) is 2.82. The second-order valence-electron chi connectivity index (χ2n) is 4.48. The summed E-state index contributed by atoms with van der Waals surface area (Å²) in [5.41, 5.74) is 0. The Labute approximate surface area is 111 Å². The van der Waals surface area contributed by atoms with Crippen molar-refractivity contribution in [2.24, 2.45) is 0 Å². The first kappa shape index (κ1) is 13.5. The van der Waals surface area contributed by atoms with Crippen LogP contribution >= 0.6 is 11.8 Å². The molecule has 0 aliphatic carbocycles. The van der Waals surface area contributed by atoms with Crippen molar-refractivity contribution in [1.29, 1.82) is 0 Å². The van der Waals surface area contributed by atoms with Crippen LogP contribution in [0.2, 0.25) is 0 Å². The van der Waals surface area contributed by atoms with E-state index in [2.05, 4.69) is 5.32 Å². The van der Waals surface area contributed by atoms with Crippen LogP contribution in [0.1, 0.15) is 13.3 Å². The highest BCUT2D eigenvalue weighted by molar-refractivity contribution is 8.00. The number of amides is 2. The highest BCUT2D eigenvalue weighted by atomic mass is 32.2. The zero-order valence-electron chi connectivity index (χ0n) is 10.5. The summed E-state index contributed by atoms with van der Waals surface area (Å²) >= 11 is 1.56. The summed E-state index contributed by atoms with van der Waals surface area (Å²) in [5, 5.41) is 12.4. The van der Waals surface area contributed by atoms with Gasteiger partial charge in [-0.1, -0.05) is 6.92 Å². The van der Waals surface area contributed by atoms with Crippen molar-refractivity contribution >= 4 is 23.8 Å². The lowest BCUT2D eigenvalue weighted by atomic mass is 10.2. The first-order valence-electron chi connectivity index (χ1n) is 6.27. The first-order chi connectivity index (χ1) is 8.65. The molecule has 0 saturated carbocycles. The van der Waals surface area contributed by atoms with E-state index in [1.165, 1.54) is 0 Å². The van der Waals surface area contributed by atoms with Gasteiger partial charge in [-0.25, -0.2) is 9.59 Å². The Hall–Kier alpha value is -0.950. The minimum atomic E-state index is -0.901. The Kier molecular flexibility index (Phi) is 4.34. The van der Waals surface area contributed by atoms with Crippen LogP contribution in [-0.2, 0) is 4.79 Å². The van der Waals surface area contributed by atoms with Crippen LogP contribution in [0.5, 0.6) is 0 Å². The molecule has 0 bridgehead atoms. The number of urea groups is 1. The molecule has 2 fully saturated rings. The van der Waals surface area contributed by atoms with E-state index < -0.39 is 12.0 Å². The number of carbonyl (C=O) groups excluding carboxylic acids is 1. The number of carbonyl (C=O) groups is 2. The lowest BCUT2D eigenvalue weighted by molar-refractivity contribution is -0.141. The van der Waals surface area contributed by atoms with E-state index in [-0.39, 0.29) is 11.4 Å². The van der Waals surface area contributed by atoms with Gasteiger partial charge in [0.25, 0.3) is 0 Å². The van der Waals surface area contributed by atoms with E-state index >= 15 is 0 Å². The van der Waals surface area contributed by atoms with Gasteiger partial charge < -0.3 is 15.3 Å². The Bertz CT molecular complexity index is 333. The van der Waals surface area contributed by atoms with Crippen molar-refractivity contribution in [1.82, 2.24) is 15.1 Å². The Balaban J connectivity index is 2.10. The Morgan fingerprint density at radius 2 is 2.06 bits per heavy atom. The lowest BCUT2D eigenvalue weighted by Gasteiger charge is -2.35. The molecule has 0 spiro atoms. The summed E-state index contributed by atoms with van der Waals surface area (Å²) in [6.45, 7) is 4.86. The molecule has 7 heteroatoms. The third kappa shape index (κ3) is 2.56. The molecule has 2 rings (SSSR count). The smallest absolute Gasteiger partial charge is 0.327 e. The van der Waals surface area contributed by atoms with Crippen LogP contribution in [0.15, 0.2) is 0 Å². The van der Waals surface area contributed by atoms with Crippen molar-refractivity contribution in [2.45, 2.75) is 24.8 Å². The summed E-state index contributed by atoms with van der Waals surface area (Å²) < 4.78 is 0. The van der Waals surface area contributed by atoms with Gasteiger partial charge >= 0.3 is 12.0 Å². The number of nitrogens with one attached hydrogen (secondary N) is 1. The lowest BCUT2D eigenvalue weighted by Crippen LogP contribution is -2.55. The van der Waals surface area contributed by atoms with Crippen molar-refractivity contribution in [3.8, 4) is 0 Å². The number of hydrogen-bond donors (Lipinski definition) is 2. The molecule has 0 aromatic heterocycles. The summed E-state index contributed by atoms with van der Waals surface area (Å²) in [4.78, 5) is 27.0. The minimum absolute atomic E-state index is 0.00603. The number of rotatable bonds is 2. The summed E-state index contributed by atoms with van der Waals surface area (Å²) in [6, 6.07) is -0.803. The fraction of sp³-hybridized carbons (Fsp3) is 0.818. The number of carboxylic acid groups (broad SMARTS) is 1. The zero-order valence-corrected chi connectivity index (χ0v) is 11.3. The topological polar surface area (TPSA) is 72.9 Å². The molecule has 2 saturated heterocycles. The van der Waals surface area contributed by atoms with E-state index in [1.54, 1.807) is 21.6 Å². The summed E-state index contributed by atoms with van der Waals surface area (Å²) in [6.07, 6.45) is 0.784. The van der Waals surface area contributed by atoms with E-state index in [1.807, 2.05) is 6.92 Å². The van der Waals surface area contributed by atoms with E-state index in [0.29, 0.717) is 18.8 Å². The molecule has 2 N–H and O–H groups in total. The quantitative estimate of drug-likeness (QED) is 0.754. The fourth-order valence-electron chi connectivity index (χ4n) is 2.34. The molecule has 102 valence electrons. The van der Waals surface area contributed by atoms with Crippen LogP contribution < -0.4 is 5.32 Å². The highest BCUT2D eigenvalue weighted by Gasteiger charge is 2.42. The van der Waals surface area contributed by atoms with Crippen LogP contribution in [0.4, 0.5) is 4.79 Å². The normalized spacial score (nSPS) is 28.5. The monoisotopic (exact) mass is 273 g/mol. The molecule has 2 atom stereocenters. The highest BCUT2D eigenvalue weighted by Crippen LogP contribution is 2.32. The number of thioether (sulfide) groups is 1. The molecule has 2 heterocycles. The SMILES string of the molecule is CCC1SCC(C(=O)O)N1C(=O)N1CCNCC1. The van der Waals surface area contributed by atoms with Gasteiger partial charge in [0.1, 0.15) is 6.04 Å². The van der Waals surface area contributed by atoms with Crippen LogP contribution in [0, 0.1) is 0 Å². The molecular formula is C11H19N3O3S. The second kappa shape index (κ2) is 5.79. The van der Waals surface area contributed by atoms with Gasteiger partial charge in [0.15, 0.2) is 0 Å². The summed E-state index contributed by atoms with van der Waals surface area (Å²) in [5.74, 6) is -0.409. The maximum atomic E-state index is 12.4. The molecule has 2 aliphatic heterocycles. The molecule has 2 aliphatic rings. The number of carboxylic acids is 1. The molecule has 6 nitrogen and oxygen atoms in total. The van der Waals surface area contributed by atoms with Gasteiger partial charge in [-0.3, -0.25) is 4.90 Å². The number of piperazine rings is 1. The Morgan fingerprint density at radius 1 is 1.39 bits per heavy atom.